The third-order valence-corrected chi connectivity index (χ3v) is 4.65. The molecule has 3 rings (SSSR count). The van der Waals surface area contributed by atoms with Gasteiger partial charge in [0.15, 0.2) is 5.82 Å². The molecule has 1 aliphatic rings. The Balaban J connectivity index is 1.58. The number of nitrogens with zero attached hydrogens (tertiary/aromatic N) is 2. The van der Waals surface area contributed by atoms with Gasteiger partial charge in [-0.3, -0.25) is 19.8 Å². The zero-order valence-electron chi connectivity index (χ0n) is 13.9. The number of aryl methyl sites for hydroxylation is 1. The minimum atomic E-state index is -0.764. The molecule has 1 fully saturated rings. The van der Waals surface area contributed by atoms with Crippen LogP contribution in [0.15, 0.2) is 27.4 Å². The predicted octanol–water partition coefficient (Wildman–Crippen LogP) is 1.17. The summed E-state index contributed by atoms with van der Waals surface area (Å²) in [5, 5.41) is 12.8. The summed E-state index contributed by atoms with van der Waals surface area (Å²) in [4.78, 5) is 26.3. The van der Waals surface area contributed by atoms with E-state index in [9.17, 15) is 9.59 Å². The molecule has 0 unspecified atom stereocenters. The molecule has 2 amide bonds. The van der Waals surface area contributed by atoms with Crippen molar-refractivity contribution in [1.29, 1.82) is 0 Å². The van der Waals surface area contributed by atoms with Crippen molar-refractivity contribution in [2.75, 3.05) is 38.2 Å². The normalized spacial score (nSPS) is 16.4. The number of aromatic nitrogens is 1. The van der Waals surface area contributed by atoms with Crippen molar-refractivity contribution in [2.24, 2.45) is 0 Å². The highest BCUT2D eigenvalue weighted by Crippen LogP contribution is 2.23. The highest BCUT2D eigenvalue weighted by atomic mass is 32.1. The molecule has 8 nitrogen and oxygen atoms in total. The van der Waals surface area contributed by atoms with Crippen molar-refractivity contribution < 1.29 is 18.8 Å². The van der Waals surface area contributed by atoms with Gasteiger partial charge in [0.25, 0.3) is 0 Å². The summed E-state index contributed by atoms with van der Waals surface area (Å²) in [5.74, 6) is -0.686. The number of anilines is 1. The fraction of sp³-hybridized carbons (Fsp3) is 0.438. The summed E-state index contributed by atoms with van der Waals surface area (Å²) in [5.41, 5.74) is 1.12. The zero-order chi connectivity index (χ0) is 17.6. The van der Waals surface area contributed by atoms with Crippen molar-refractivity contribution >= 4 is 29.0 Å². The summed E-state index contributed by atoms with van der Waals surface area (Å²) in [6, 6.07) is 3.60. The number of thiophene rings is 1. The Morgan fingerprint density at radius 3 is 2.80 bits per heavy atom. The number of hydrogen-bond donors (Lipinski definition) is 2. The summed E-state index contributed by atoms with van der Waals surface area (Å²) >= 11 is 1.61. The van der Waals surface area contributed by atoms with Crippen LogP contribution in [0.25, 0.3) is 0 Å². The summed E-state index contributed by atoms with van der Waals surface area (Å²) in [7, 11) is 0. The predicted molar refractivity (Wildman–Crippen MR) is 92.3 cm³/mol. The summed E-state index contributed by atoms with van der Waals surface area (Å²) in [6.07, 6.45) is 0. The lowest BCUT2D eigenvalue weighted by atomic mass is 10.1. The van der Waals surface area contributed by atoms with Crippen LogP contribution < -0.4 is 10.6 Å². The fourth-order valence-electron chi connectivity index (χ4n) is 2.68. The number of rotatable bonds is 5. The highest BCUT2D eigenvalue weighted by molar-refractivity contribution is 7.07. The number of ether oxygens (including phenoxy) is 1. The molecule has 25 heavy (non-hydrogen) atoms. The van der Waals surface area contributed by atoms with E-state index in [0.29, 0.717) is 25.5 Å². The standard InChI is InChI=1S/C16H20N4O4S/c1-11-8-14(19-24-11)18-16(22)15(21)17-9-13(12-2-7-25-10-12)20-3-5-23-6-4-20/h2,7-8,10,13H,3-6,9H2,1H3,(H,17,21)(H,18,19,22)/t13-/m0/s1. The van der Waals surface area contributed by atoms with Crippen LogP contribution in [0.3, 0.4) is 0 Å². The van der Waals surface area contributed by atoms with E-state index in [1.807, 2.05) is 11.4 Å². The number of amides is 2. The van der Waals surface area contributed by atoms with Crippen LogP contribution in [0.2, 0.25) is 0 Å². The van der Waals surface area contributed by atoms with E-state index in [1.54, 1.807) is 24.3 Å². The Bertz CT molecular complexity index is 710. The maximum absolute atomic E-state index is 12.1. The van der Waals surface area contributed by atoms with Crippen molar-refractivity contribution in [2.45, 2.75) is 13.0 Å². The molecule has 0 spiro atoms. The second-order valence-electron chi connectivity index (χ2n) is 5.71. The Morgan fingerprint density at radius 2 is 2.16 bits per heavy atom. The van der Waals surface area contributed by atoms with E-state index in [0.717, 1.165) is 18.7 Å². The van der Waals surface area contributed by atoms with Crippen molar-refractivity contribution in [3.8, 4) is 0 Å². The van der Waals surface area contributed by atoms with E-state index in [2.05, 4.69) is 26.1 Å². The molecule has 0 radical (unpaired) electrons. The Kier molecular flexibility index (Phi) is 5.79. The maximum Gasteiger partial charge on any atom is 0.314 e. The molecule has 1 aliphatic heterocycles. The van der Waals surface area contributed by atoms with Crippen LogP contribution in [0.5, 0.6) is 0 Å². The van der Waals surface area contributed by atoms with Crippen LogP contribution in [0, 0.1) is 6.92 Å². The van der Waals surface area contributed by atoms with Gasteiger partial charge in [0.05, 0.1) is 19.3 Å². The lowest BCUT2D eigenvalue weighted by Gasteiger charge is -2.34. The second-order valence-corrected chi connectivity index (χ2v) is 6.49. The van der Waals surface area contributed by atoms with Gasteiger partial charge in [-0.2, -0.15) is 11.3 Å². The molecule has 0 aromatic carbocycles. The Hall–Kier alpha value is -2.23. The first-order valence-corrected chi connectivity index (χ1v) is 8.94. The van der Waals surface area contributed by atoms with Gasteiger partial charge in [0.1, 0.15) is 5.76 Å². The van der Waals surface area contributed by atoms with E-state index < -0.39 is 11.8 Å². The van der Waals surface area contributed by atoms with Crippen LogP contribution in [0.4, 0.5) is 5.82 Å². The summed E-state index contributed by atoms with van der Waals surface area (Å²) in [6.45, 7) is 4.97. The molecule has 2 N–H and O–H groups in total. The lowest BCUT2D eigenvalue weighted by molar-refractivity contribution is -0.136. The second kappa shape index (κ2) is 8.24. The quantitative estimate of drug-likeness (QED) is 0.773. The molecule has 3 heterocycles. The number of morpholine rings is 1. The van der Waals surface area contributed by atoms with Gasteiger partial charge in [-0.05, 0) is 29.3 Å². The molecular formula is C16H20N4O4S. The van der Waals surface area contributed by atoms with Crippen molar-refractivity contribution in [3.63, 3.8) is 0 Å². The number of hydrogen-bond acceptors (Lipinski definition) is 7. The minimum Gasteiger partial charge on any atom is -0.379 e. The lowest BCUT2D eigenvalue weighted by Crippen LogP contribution is -2.45. The van der Waals surface area contributed by atoms with Crippen LogP contribution in [-0.2, 0) is 14.3 Å². The molecule has 9 heteroatoms. The molecule has 2 aromatic rings. The molecule has 2 aromatic heterocycles. The van der Waals surface area contributed by atoms with Crippen molar-refractivity contribution in [3.05, 3.63) is 34.2 Å². The largest absolute Gasteiger partial charge is 0.379 e. The van der Waals surface area contributed by atoms with E-state index >= 15 is 0 Å². The molecule has 1 saturated heterocycles. The highest BCUT2D eigenvalue weighted by Gasteiger charge is 2.25. The minimum absolute atomic E-state index is 0.0150. The zero-order valence-corrected chi connectivity index (χ0v) is 14.7. The first-order chi connectivity index (χ1) is 12.1. The molecule has 0 bridgehead atoms. The smallest absolute Gasteiger partial charge is 0.314 e. The monoisotopic (exact) mass is 364 g/mol. The van der Waals surface area contributed by atoms with Crippen LogP contribution >= 0.6 is 11.3 Å². The van der Waals surface area contributed by atoms with Gasteiger partial charge in [-0.25, -0.2) is 0 Å². The van der Waals surface area contributed by atoms with Gasteiger partial charge in [-0.1, -0.05) is 5.16 Å². The van der Waals surface area contributed by atoms with Crippen LogP contribution in [0.1, 0.15) is 17.4 Å². The molecular weight excluding hydrogens is 344 g/mol. The molecule has 134 valence electrons. The van der Waals surface area contributed by atoms with Gasteiger partial charge in [0, 0.05) is 25.7 Å². The average Bonchev–Trinajstić information content (AvgIpc) is 3.28. The van der Waals surface area contributed by atoms with Crippen molar-refractivity contribution in [1.82, 2.24) is 15.4 Å². The SMILES string of the molecule is Cc1cc(NC(=O)C(=O)NC[C@@H](c2ccsc2)N2CCOCC2)no1. The molecule has 0 aliphatic carbocycles. The van der Waals surface area contributed by atoms with Gasteiger partial charge in [-0.15, -0.1) is 0 Å². The third kappa shape index (κ3) is 4.65. The Morgan fingerprint density at radius 1 is 1.36 bits per heavy atom. The van der Waals surface area contributed by atoms with Gasteiger partial charge in [0.2, 0.25) is 0 Å². The Labute approximate surface area is 149 Å². The first-order valence-electron chi connectivity index (χ1n) is 8.00. The topological polar surface area (TPSA) is 96.7 Å². The van der Waals surface area contributed by atoms with Gasteiger partial charge < -0.3 is 14.6 Å². The van der Waals surface area contributed by atoms with Crippen LogP contribution in [-0.4, -0.2) is 54.7 Å². The average molecular weight is 364 g/mol. The van der Waals surface area contributed by atoms with E-state index in [4.69, 9.17) is 9.26 Å². The number of nitrogens with one attached hydrogen (secondary N) is 2. The number of carbonyl (C=O) groups excluding carboxylic acids is 2. The van der Waals surface area contributed by atoms with E-state index in [-0.39, 0.29) is 11.9 Å². The summed E-state index contributed by atoms with van der Waals surface area (Å²) < 4.78 is 10.3. The molecule has 0 saturated carbocycles. The van der Waals surface area contributed by atoms with Gasteiger partial charge >= 0.3 is 11.8 Å². The third-order valence-electron chi connectivity index (χ3n) is 3.95. The number of carbonyl (C=O) groups is 2. The van der Waals surface area contributed by atoms with E-state index in [1.165, 1.54) is 0 Å². The first kappa shape index (κ1) is 17.6. The fourth-order valence-corrected chi connectivity index (χ4v) is 3.39. The molecule has 1 atom stereocenters. The maximum atomic E-state index is 12.1.